The predicted octanol–water partition coefficient (Wildman–Crippen LogP) is 1.31. The van der Waals surface area contributed by atoms with Gasteiger partial charge in [0.1, 0.15) is 5.82 Å². The monoisotopic (exact) mass is 422 g/mol. The summed E-state index contributed by atoms with van der Waals surface area (Å²) in [4.78, 5) is 27.4. The van der Waals surface area contributed by atoms with Crippen molar-refractivity contribution in [3.05, 3.63) is 28.5 Å². The number of nitrogens with zero attached hydrogens (tertiary/aromatic N) is 2. The molecule has 24 heavy (non-hydrogen) atoms. The number of carbonyl (C=O) groups is 2. The van der Waals surface area contributed by atoms with E-state index in [0.29, 0.717) is 17.6 Å². The lowest BCUT2D eigenvalue weighted by atomic mass is 10.3. The van der Waals surface area contributed by atoms with E-state index >= 15 is 0 Å². The molecule has 1 aliphatic heterocycles. The Balaban J connectivity index is 0.00000288. The van der Waals surface area contributed by atoms with Crippen LogP contribution in [0.2, 0.25) is 0 Å². The van der Waals surface area contributed by atoms with Gasteiger partial charge in [-0.3, -0.25) is 14.5 Å². The van der Waals surface area contributed by atoms with E-state index in [0.717, 1.165) is 13.1 Å². The summed E-state index contributed by atoms with van der Waals surface area (Å²) >= 11 is 3.16. The molecule has 1 aromatic rings. The van der Waals surface area contributed by atoms with Crippen molar-refractivity contribution in [3.63, 3.8) is 0 Å². The number of likely N-dealkylation sites (N-methyl/N-ethyl adjacent to an activating group) is 1. The van der Waals surface area contributed by atoms with Crippen molar-refractivity contribution in [3.8, 4) is 0 Å². The second-order valence-electron chi connectivity index (χ2n) is 5.48. The summed E-state index contributed by atoms with van der Waals surface area (Å²) in [5, 5.41) is 5.69. The minimum absolute atomic E-state index is 0. The third kappa shape index (κ3) is 6.35. The molecule has 1 fully saturated rings. The van der Waals surface area contributed by atoms with Crippen LogP contribution in [-0.4, -0.2) is 67.9 Å². The van der Waals surface area contributed by atoms with Gasteiger partial charge in [0.2, 0.25) is 11.8 Å². The van der Waals surface area contributed by atoms with E-state index in [1.165, 1.54) is 12.1 Å². The van der Waals surface area contributed by atoms with Crippen LogP contribution in [0.5, 0.6) is 0 Å². The van der Waals surface area contributed by atoms with Crippen molar-refractivity contribution in [2.75, 3.05) is 51.6 Å². The highest BCUT2D eigenvalue weighted by Crippen LogP contribution is 2.19. The van der Waals surface area contributed by atoms with Gasteiger partial charge in [-0.05, 0) is 25.2 Å². The molecular formula is C15H21BrClFN4O2. The molecule has 1 heterocycles. The average Bonchev–Trinajstić information content (AvgIpc) is 2.50. The molecule has 0 atom stereocenters. The first-order chi connectivity index (χ1) is 11.0. The first kappa shape index (κ1) is 20.8. The van der Waals surface area contributed by atoms with Gasteiger partial charge in [0.05, 0.1) is 18.8 Å². The molecule has 0 bridgehead atoms. The Labute approximate surface area is 155 Å². The number of piperazine rings is 1. The lowest BCUT2D eigenvalue weighted by Gasteiger charge is -2.29. The van der Waals surface area contributed by atoms with Gasteiger partial charge in [-0.25, -0.2) is 4.39 Å². The highest BCUT2D eigenvalue weighted by atomic mass is 79.9. The van der Waals surface area contributed by atoms with Gasteiger partial charge < -0.3 is 15.5 Å². The molecule has 0 spiro atoms. The second kappa shape index (κ2) is 9.93. The van der Waals surface area contributed by atoms with Crippen LogP contribution in [-0.2, 0) is 9.59 Å². The van der Waals surface area contributed by atoms with Crippen LogP contribution >= 0.6 is 28.3 Å². The first-order valence-electron chi connectivity index (χ1n) is 7.37. The Morgan fingerprint density at radius 1 is 1.33 bits per heavy atom. The molecule has 2 amide bonds. The Hall–Kier alpha value is -1.22. The largest absolute Gasteiger partial charge is 0.339 e. The van der Waals surface area contributed by atoms with Crippen molar-refractivity contribution < 1.29 is 14.0 Å². The summed E-state index contributed by atoms with van der Waals surface area (Å²) in [6, 6.07) is 4.42. The number of rotatable bonds is 5. The zero-order valence-electron chi connectivity index (χ0n) is 13.3. The molecule has 0 aromatic heterocycles. The fourth-order valence-corrected chi connectivity index (χ4v) is 2.66. The topological polar surface area (TPSA) is 64.7 Å². The SMILES string of the molecule is CN(CC(=O)Nc1ccc(Br)cc1F)CC(=O)N1CCNCC1.Cl. The second-order valence-corrected chi connectivity index (χ2v) is 6.39. The van der Waals surface area contributed by atoms with E-state index in [9.17, 15) is 14.0 Å². The van der Waals surface area contributed by atoms with Crippen LogP contribution < -0.4 is 10.6 Å². The molecular weight excluding hydrogens is 403 g/mol. The van der Waals surface area contributed by atoms with Crippen LogP contribution in [0.3, 0.4) is 0 Å². The van der Waals surface area contributed by atoms with Gasteiger partial charge in [-0.15, -0.1) is 12.4 Å². The van der Waals surface area contributed by atoms with Crippen LogP contribution in [0.15, 0.2) is 22.7 Å². The number of nitrogens with one attached hydrogen (secondary N) is 2. The van der Waals surface area contributed by atoms with Gasteiger partial charge >= 0.3 is 0 Å². The fourth-order valence-electron chi connectivity index (χ4n) is 2.33. The van der Waals surface area contributed by atoms with E-state index in [1.54, 1.807) is 22.9 Å². The first-order valence-corrected chi connectivity index (χ1v) is 8.17. The molecule has 134 valence electrons. The normalized spacial score (nSPS) is 14.2. The van der Waals surface area contributed by atoms with Gasteiger partial charge in [-0.2, -0.15) is 0 Å². The summed E-state index contributed by atoms with van der Waals surface area (Å²) < 4.78 is 14.3. The summed E-state index contributed by atoms with van der Waals surface area (Å²) in [6.45, 7) is 3.13. The van der Waals surface area contributed by atoms with Crippen LogP contribution in [0.25, 0.3) is 0 Å². The molecule has 1 saturated heterocycles. The molecule has 2 rings (SSSR count). The Kier molecular flexibility index (Phi) is 8.61. The van der Waals surface area contributed by atoms with Crippen molar-refractivity contribution in [1.29, 1.82) is 0 Å². The Bertz CT molecular complexity index is 585. The maximum Gasteiger partial charge on any atom is 0.238 e. The minimum Gasteiger partial charge on any atom is -0.339 e. The van der Waals surface area contributed by atoms with Crippen LogP contribution in [0.1, 0.15) is 0 Å². The Morgan fingerprint density at radius 3 is 2.62 bits per heavy atom. The summed E-state index contributed by atoms with van der Waals surface area (Å²) in [7, 11) is 1.69. The molecule has 6 nitrogen and oxygen atoms in total. The third-order valence-electron chi connectivity index (χ3n) is 3.49. The summed E-state index contributed by atoms with van der Waals surface area (Å²) in [5.41, 5.74) is 0.125. The number of halogens is 3. The van der Waals surface area contributed by atoms with Crippen molar-refractivity contribution >= 4 is 45.8 Å². The molecule has 0 aliphatic carbocycles. The van der Waals surface area contributed by atoms with E-state index in [2.05, 4.69) is 26.6 Å². The summed E-state index contributed by atoms with van der Waals surface area (Å²) in [5.74, 6) is -0.870. The zero-order valence-corrected chi connectivity index (χ0v) is 15.8. The zero-order chi connectivity index (χ0) is 16.8. The number of hydrogen-bond acceptors (Lipinski definition) is 4. The lowest BCUT2D eigenvalue weighted by molar-refractivity contribution is -0.133. The molecule has 0 unspecified atom stereocenters. The average molecular weight is 424 g/mol. The van der Waals surface area contributed by atoms with Crippen LogP contribution in [0.4, 0.5) is 10.1 Å². The summed E-state index contributed by atoms with van der Waals surface area (Å²) in [6.07, 6.45) is 0. The molecule has 1 aromatic carbocycles. The van der Waals surface area contributed by atoms with Gasteiger partial charge in [0.25, 0.3) is 0 Å². The van der Waals surface area contributed by atoms with E-state index in [4.69, 9.17) is 0 Å². The van der Waals surface area contributed by atoms with E-state index in [1.807, 2.05) is 0 Å². The van der Waals surface area contributed by atoms with Gasteiger partial charge in [0, 0.05) is 30.7 Å². The van der Waals surface area contributed by atoms with Crippen molar-refractivity contribution in [1.82, 2.24) is 15.1 Å². The molecule has 2 N–H and O–H groups in total. The minimum atomic E-state index is -0.507. The van der Waals surface area contributed by atoms with E-state index in [-0.39, 0.29) is 43.0 Å². The standard InChI is InChI=1S/C15H20BrFN4O2.ClH/c1-20(10-15(23)21-6-4-18-5-7-21)9-14(22)19-13-3-2-11(16)8-12(13)17;/h2-3,8,18H,4-7,9-10H2,1H3,(H,19,22);1H. The number of carbonyl (C=O) groups excluding carboxylic acids is 2. The third-order valence-corrected chi connectivity index (χ3v) is 3.99. The predicted molar refractivity (Wildman–Crippen MR) is 96.9 cm³/mol. The van der Waals surface area contributed by atoms with Gasteiger partial charge in [-0.1, -0.05) is 15.9 Å². The molecule has 0 saturated carbocycles. The number of amides is 2. The number of benzene rings is 1. The van der Waals surface area contributed by atoms with Crippen LogP contribution in [0, 0.1) is 5.82 Å². The maximum absolute atomic E-state index is 13.7. The maximum atomic E-state index is 13.7. The number of anilines is 1. The number of hydrogen-bond donors (Lipinski definition) is 2. The Morgan fingerprint density at radius 2 is 2.00 bits per heavy atom. The van der Waals surface area contributed by atoms with Gasteiger partial charge in [0.15, 0.2) is 0 Å². The quantitative estimate of drug-likeness (QED) is 0.750. The van der Waals surface area contributed by atoms with E-state index < -0.39 is 5.82 Å². The molecule has 0 radical (unpaired) electrons. The fraction of sp³-hybridized carbons (Fsp3) is 0.467. The molecule has 1 aliphatic rings. The smallest absolute Gasteiger partial charge is 0.238 e. The van der Waals surface area contributed by atoms with Crippen molar-refractivity contribution in [2.45, 2.75) is 0 Å². The molecule has 9 heteroatoms. The highest BCUT2D eigenvalue weighted by molar-refractivity contribution is 9.10. The highest BCUT2D eigenvalue weighted by Gasteiger charge is 2.19. The van der Waals surface area contributed by atoms with Crippen molar-refractivity contribution in [2.24, 2.45) is 0 Å². The lowest BCUT2D eigenvalue weighted by Crippen LogP contribution is -2.49.